The second-order valence-corrected chi connectivity index (χ2v) is 4.67. The normalized spacial score (nSPS) is 12.8. The SMILES string of the molecule is Cc1nn(C)c(Cl)c1C(O)c1cccc(Cl)c1. The predicted molar refractivity (Wildman–Crippen MR) is 68.5 cm³/mol. The van der Waals surface area contributed by atoms with Gasteiger partial charge in [-0.2, -0.15) is 5.10 Å². The lowest BCUT2D eigenvalue weighted by Gasteiger charge is -2.11. The van der Waals surface area contributed by atoms with Crippen molar-refractivity contribution in [2.24, 2.45) is 7.05 Å². The number of rotatable bonds is 2. The maximum Gasteiger partial charge on any atom is 0.133 e. The minimum Gasteiger partial charge on any atom is -0.383 e. The number of nitrogens with zero attached hydrogens (tertiary/aromatic N) is 2. The summed E-state index contributed by atoms with van der Waals surface area (Å²) in [6, 6.07) is 7.07. The molecule has 0 aliphatic carbocycles. The van der Waals surface area contributed by atoms with Crippen LogP contribution in [0.1, 0.15) is 22.9 Å². The van der Waals surface area contributed by atoms with Crippen molar-refractivity contribution < 1.29 is 5.11 Å². The Morgan fingerprint density at radius 1 is 1.35 bits per heavy atom. The van der Waals surface area contributed by atoms with Crippen molar-refractivity contribution in [1.82, 2.24) is 9.78 Å². The van der Waals surface area contributed by atoms with Crippen molar-refractivity contribution in [2.75, 3.05) is 0 Å². The van der Waals surface area contributed by atoms with E-state index in [0.717, 1.165) is 0 Å². The maximum absolute atomic E-state index is 10.3. The van der Waals surface area contributed by atoms with Crippen LogP contribution in [0.3, 0.4) is 0 Å². The summed E-state index contributed by atoms with van der Waals surface area (Å²) in [5.74, 6) is 0. The van der Waals surface area contributed by atoms with E-state index in [-0.39, 0.29) is 0 Å². The van der Waals surface area contributed by atoms with E-state index in [1.807, 2.05) is 6.92 Å². The highest BCUT2D eigenvalue weighted by Gasteiger charge is 2.20. The molecule has 1 N–H and O–H groups in total. The number of aliphatic hydroxyl groups is 1. The van der Waals surface area contributed by atoms with Gasteiger partial charge in [-0.15, -0.1) is 0 Å². The van der Waals surface area contributed by atoms with Crippen LogP contribution in [0.15, 0.2) is 24.3 Å². The van der Waals surface area contributed by atoms with E-state index in [1.54, 1.807) is 36.0 Å². The fraction of sp³-hybridized carbons (Fsp3) is 0.250. The Balaban J connectivity index is 2.47. The molecule has 1 unspecified atom stereocenters. The van der Waals surface area contributed by atoms with Gasteiger partial charge in [-0.1, -0.05) is 35.3 Å². The standard InChI is InChI=1S/C12H12Cl2N2O/c1-7-10(12(14)16(2)15-7)11(17)8-4-3-5-9(13)6-8/h3-6,11,17H,1-2H3. The van der Waals surface area contributed by atoms with Crippen molar-refractivity contribution in [3.63, 3.8) is 0 Å². The summed E-state index contributed by atoms with van der Waals surface area (Å²) >= 11 is 12.0. The summed E-state index contributed by atoms with van der Waals surface area (Å²) in [5.41, 5.74) is 2.04. The van der Waals surface area contributed by atoms with Gasteiger partial charge >= 0.3 is 0 Å². The molecule has 0 bridgehead atoms. The monoisotopic (exact) mass is 270 g/mol. The molecule has 0 saturated carbocycles. The number of hydrogen-bond acceptors (Lipinski definition) is 2. The van der Waals surface area contributed by atoms with Crippen LogP contribution in [0.5, 0.6) is 0 Å². The van der Waals surface area contributed by atoms with Crippen LogP contribution >= 0.6 is 23.2 Å². The Kier molecular flexibility index (Phi) is 3.43. The van der Waals surface area contributed by atoms with Gasteiger partial charge in [0.2, 0.25) is 0 Å². The topological polar surface area (TPSA) is 38.0 Å². The zero-order valence-corrected chi connectivity index (χ0v) is 11.0. The molecule has 0 aliphatic rings. The number of halogens is 2. The Bertz CT molecular complexity index is 551. The smallest absolute Gasteiger partial charge is 0.133 e. The minimum atomic E-state index is -0.810. The third-order valence-electron chi connectivity index (χ3n) is 2.63. The molecular formula is C12H12Cl2N2O. The molecule has 5 heteroatoms. The molecule has 0 amide bonds. The average molecular weight is 271 g/mol. The fourth-order valence-corrected chi connectivity index (χ4v) is 2.28. The second-order valence-electron chi connectivity index (χ2n) is 3.87. The first-order valence-electron chi connectivity index (χ1n) is 5.13. The quantitative estimate of drug-likeness (QED) is 0.911. The van der Waals surface area contributed by atoms with Crippen molar-refractivity contribution in [3.05, 3.63) is 51.3 Å². The number of hydrogen-bond donors (Lipinski definition) is 1. The predicted octanol–water partition coefficient (Wildman–Crippen LogP) is 3.12. The molecule has 3 nitrogen and oxygen atoms in total. The van der Waals surface area contributed by atoms with E-state index in [1.165, 1.54) is 0 Å². The summed E-state index contributed by atoms with van der Waals surface area (Å²) in [6.45, 7) is 1.81. The molecule has 0 aliphatic heterocycles. The third-order valence-corrected chi connectivity index (χ3v) is 3.32. The van der Waals surface area contributed by atoms with Crippen LogP contribution in [0, 0.1) is 6.92 Å². The molecule has 1 heterocycles. The molecular weight excluding hydrogens is 259 g/mol. The van der Waals surface area contributed by atoms with Gasteiger partial charge in [0.05, 0.1) is 5.69 Å². The van der Waals surface area contributed by atoms with Crippen molar-refractivity contribution in [2.45, 2.75) is 13.0 Å². The maximum atomic E-state index is 10.3. The highest BCUT2D eigenvalue weighted by molar-refractivity contribution is 6.31. The van der Waals surface area contributed by atoms with Gasteiger partial charge in [-0.05, 0) is 24.6 Å². The summed E-state index contributed by atoms with van der Waals surface area (Å²) in [4.78, 5) is 0. The molecule has 1 aromatic heterocycles. The zero-order valence-electron chi connectivity index (χ0n) is 9.48. The molecule has 90 valence electrons. The molecule has 1 atom stereocenters. The molecule has 2 aromatic rings. The lowest BCUT2D eigenvalue weighted by Crippen LogP contribution is -2.01. The molecule has 1 aromatic carbocycles. The van der Waals surface area contributed by atoms with Gasteiger partial charge in [0.25, 0.3) is 0 Å². The van der Waals surface area contributed by atoms with E-state index in [2.05, 4.69) is 5.10 Å². The lowest BCUT2D eigenvalue weighted by atomic mass is 10.0. The van der Waals surface area contributed by atoms with E-state index < -0.39 is 6.10 Å². The molecule has 2 rings (SSSR count). The summed E-state index contributed by atoms with van der Waals surface area (Å²) in [7, 11) is 1.74. The first kappa shape index (κ1) is 12.4. The van der Waals surface area contributed by atoms with Crippen molar-refractivity contribution in [3.8, 4) is 0 Å². The van der Waals surface area contributed by atoms with E-state index in [0.29, 0.717) is 27.0 Å². The van der Waals surface area contributed by atoms with Crippen LogP contribution in [0.4, 0.5) is 0 Å². The van der Waals surface area contributed by atoms with E-state index in [9.17, 15) is 5.11 Å². The first-order chi connectivity index (χ1) is 8.00. The van der Waals surface area contributed by atoms with Gasteiger partial charge in [-0.25, -0.2) is 0 Å². The summed E-state index contributed by atoms with van der Waals surface area (Å²) in [5, 5.41) is 15.5. The fourth-order valence-electron chi connectivity index (χ4n) is 1.80. The Morgan fingerprint density at radius 3 is 2.59 bits per heavy atom. The first-order valence-corrected chi connectivity index (χ1v) is 5.89. The molecule has 0 spiro atoms. The van der Waals surface area contributed by atoms with Crippen molar-refractivity contribution in [1.29, 1.82) is 0 Å². The van der Waals surface area contributed by atoms with Gasteiger partial charge in [-0.3, -0.25) is 4.68 Å². The van der Waals surface area contributed by atoms with Gasteiger partial charge < -0.3 is 5.11 Å². The minimum absolute atomic E-state index is 0.440. The summed E-state index contributed by atoms with van der Waals surface area (Å²) in [6.07, 6.45) is -0.810. The average Bonchev–Trinajstić information content (AvgIpc) is 2.52. The van der Waals surface area contributed by atoms with Crippen LogP contribution in [0.25, 0.3) is 0 Å². The van der Waals surface area contributed by atoms with E-state index in [4.69, 9.17) is 23.2 Å². The Labute approximate surface area is 110 Å². The highest BCUT2D eigenvalue weighted by atomic mass is 35.5. The van der Waals surface area contributed by atoms with E-state index >= 15 is 0 Å². The molecule has 0 saturated heterocycles. The lowest BCUT2D eigenvalue weighted by molar-refractivity contribution is 0.219. The number of aromatic nitrogens is 2. The van der Waals surface area contributed by atoms with Gasteiger partial charge in [0.15, 0.2) is 0 Å². The molecule has 0 radical (unpaired) electrons. The highest BCUT2D eigenvalue weighted by Crippen LogP contribution is 2.31. The van der Waals surface area contributed by atoms with Gasteiger partial charge in [0, 0.05) is 17.6 Å². The van der Waals surface area contributed by atoms with Crippen LogP contribution < -0.4 is 0 Å². The zero-order chi connectivity index (χ0) is 12.6. The number of aryl methyl sites for hydroxylation is 2. The van der Waals surface area contributed by atoms with Crippen LogP contribution in [-0.2, 0) is 7.05 Å². The van der Waals surface area contributed by atoms with Crippen molar-refractivity contribution >= 4 is 23.2 Å². The number of benzene rings is 1. The molecule has 0 fully saturated rings. The summed E-state index contributed by atoms with van der Waals surface area (Å²) < 4.78 is 1.54. The Hall–Kier alpha value is -1.03. The third kappa shape index (κ3) is 2.32. The van der Waals surface area contributed by atoms with Gasteiger partial charge in [0.1, 0.15) is 11.3 Å². The van der Waals surface area contributed by atoms with Crippen LogP contribution in [0.2, 0.25) is 10.2 Å². The van der Waals surface area contributed by atoms with Crippen LogP contribution in [-0.4, -0.2) is 14.9 Å². The molecule has 17 heavy (non-hydrogen) atoms. The Morgan fingerprint density at radius 2 is 2.06 bits per heavy atom. The largest absolute Gasteiger partial charge is 0.383 e. The second kappa shape index (κ2) is 4.69. The number of aliphatic hydroxyl groups excluding tert-OH is 1.